The molecule has 2 saturated heterocycles. The Morgan fingerprint density at radius 1 is 1.08 bits per heavy atom. The molecule has 2 aliphatic rings. The van der Waals surface area contributed by atoms with Gasteiger partial charge in [-0.15, -0.1) is 0 Å². The van der Waals surface area contributed by atoms with Gasteiger partial charge in [0.15, 0.2) is 5.79 Å². The zero-order chi connectivity index (χ0) is 17.3. The second-order valence-electron chi connectivity index (χ2n) is 6.62. The molecule has 24 heavy (non-hydrogen) atoms. The van der Waals surface area contributed by atoms with Crippen molar-refractivity contribution in [2.24, 2.45) is 0 Å². The number of fused-ring (bicyclic) bond motifs is 2. The fourth-order valence-electron chi connectivity index (χ4n) is 3.65. The number of benzene rings is 1. The Morgan fingerprint density at radius 2 is 1.83 bits per heavy atom. The standard InChI is InChI=1S/C18H21NO3.C2H6/c1-11-17-16(21-18(2,3)22-17)10-15(20-11)13-8-9-19-14-7-5-4-6-12(13)14;1-2/h4-9,11,15-17H,10H2,1-3H3;1-2H3. The summed E-state index contributed by atoms with van der Waals surface area (Å²) in [4.78, 5) is 4.43. The van der Waals surface area contributed by atoms with Crippen LogP contribution >= 0.6 is 0 Å². The van der Waals surface area contributed by atoms with Gasteiger partial charge in [0.2, 0.25) is 0 Å². The zero-order valence-electron chi connectivity index (χ0n) is 15.2. The molecule has 0 spiro atoms. The molecule has 0 aliphatic carbocycles. The van der Waals surface area contributed by atoms with Crippen LogP contribution in [0.1, 0.15) is 52.7 Å². The van der Waals surface area contributed by atoms with Crippen LogP contribution < -0.4 is 0 Å². The quantitative estimate of drug-likeness (QED) is 0.765. The van der Waals surface area contributed by atoms with E-state index in [0.29, 0.717) is 0 Å². The smallest absolute Gasteiger partial charge is 0.163 e. The molecule has 130 valence electrons. The lowest BCUT2D eigenvalue weighted by atomic mass is 9.93. The van der Waals surface area contributed by atoms with Crippen molar-refractivity contribution >= 4 is 10.9 Å². The number of hydrogen-bond acceptors (Lipinski definition) is 4. The van der Waals surface area contributed by atoms with Crippen LogP contribution in [0.25, 0.3) is 10.9 Å². The maximum Gasteiger partial charge on any atom is 0.163 e. The molecule has 1 aromatic heterocycles. The topological polar surface area (TPSA) is 40.6 Å². The molecule has 0 amide bonds. The molecule has 4 atom stereocenters. The summed E-state index contributed by atoms with van der Waals surface area (Å²) < 4.78 is 18.3. The summed E-state index contributed by atoms with van der Waals surface area (Å²) in [5.41, 5.74) is 2.19. The third-order valence-electron chi connectivity index (χ3n) is 4.54. The van der Waals surface area contributed by atoms with Crippen molar-refractivity contribution in [2.75, 3.05) is 0 Å². The van der Waals surface area contributed by atoms with Gasteiger partial charge in [0.25, 0.3) is 0 Å². The molecule has 2 fully saturated rings. The Hall–Kier alpha value is -1.49. The van der Waals surface area contributed by atoms with Gasteiger partial charge in [-0.2, -0.15) is 0 Å². The third-order valence-corrected chi connectivity index (χ3v) is 4.54. The van der Waals surface area contributed by atoms with Gasteiger partial charge in [-0.1, -0.05) is 32.0 Å². The normalized spacial score (nSPS) is 31.2. The highest BCUT2D eigenvalue weighted by Crippen LogP contribution is 2.42. The van der Waals surface area contributed by atoms with Gasteiger partial charge in [-0.05, 0) is 38.5 Å². The Labute approximate surface area is 144 Å². The number of hydrogen-bond donors (Lipinski definition) is 0. The van der Waals surface area contributed by atoms with Gasteiger partial charge in [-0.25, -0.2) is 0 Å². The molecule has 0 saturated carbocycles. The van der Waals surface area contributed by atoms with Gasteiger partial charge >= 0.3 is 0 Å². The van der Waals surface area contributed by atoms with Gasteiger partial charge < -0.3 is 14.2 Å². The first-order chi connectivity index (χ1) is 11.5. The van der Waals surface area contributed by atoms with Crippen LogP contribution in [0.4, 0.5) is 0 Å². The highest BCUT2D eigenvalue weighted by atomic mass is 16.8. The lowest BCUT2D eigenvalue weighted by Crippen LogP contribution is -2.42. The van der Waals surface area contributed by atoms with Crippen molar-refractivity contribution in [1.82, 2.24) is 4.98 Å². The van der Waals surface area contributed by atoms with E-state index in [2.05, 4.69) is 24.0 Å². The Morgan fingerprint density at radius 3 is 2.62 bits per heavy atom. The molecule has 4 rings (SSSR count). The molecule has 4 unspecified atom stereocenters. The molecular weight excluding hydrogens is 302 g/mol. The molecule has 0 radical (unpaired) electrons. The summed E-state index contributed by atoms with van der Waals surface area (Å²) in [6, 6.07) is 10.2. The zero-order valence-corrected chi connectivity index (χ0v) is 15.2. The Balaban J connectivity index is 0.000000815. The van der Waals surface area contributed by atoms with Crippen LogP contribution in [0, 0.1) is 0 Å². The van der Waals surface area contributed by atoms with Crippen LogP contribution in [0.15, 0.2) is 36.5 Å². The lowest BCUT2D eigenvalue weighted by molar-refractivity contribution is -0.155. The maximum absolute atomic E-state index is 6.25. The number of pyridine rings is 1. The van der Waals surface area contributed by atoms with Crippen LogP contribution in [0.5, 0.6) is 0 Å². The summed E-state index contributed by atoms with van der Waals surface area (Å²) >= 11 is 0. The van der Waals surface area contributed by atoms with Crippen molar-refractivity contribution in [2.45, 2.75) is 71.2 Å². The third kappa shape index (κ3) is 3.18. The molecule has 2 aliphatic heterocycles. The van der Waals surface area contributed by atoms with E-state index in [9.17, 15) is 0 Å². The largest absolute Gasteiger partial charge is 0.368 e. The van der Waals surface area contributed by atoms with E-state index < -0.39 is 5.79 Å². The molecule has 1 aromatic carbocycles. The Kier molecular flexibility index (Phi) is 4.90. The second-order valence-corrected chi connectivity index (χ2v) is 6.62. The molecule has 3 heterocycles. The molecule has 4 heteroatoms. The molecular formula is C20H27NO3. The van der Waals surface area contributed by atoms with Crippen LogP contribution in [0.3, 0.4) is 0 Å². The van der Waals surface area contributed by atoms with E-state index >= 15 is 0 Å². The van der Waals surface area contributed by atoms with Crippen molar-refractivity contribution in [3.05, 3.63) is 42.1 Å². The van der Waals surface area contributed by atoms with Crippen molar-refractivity contribution in [1.29, 1.82) is 0 Å². The second kappa shape index (κ2) is 6.79. The van der Waals surface area contributed by atoms with Crippen molar-refractivity contribution in [3.63, 3.8) is 0 Å². The SMILES string of the molecule is CC.CC1OC(c2ccnc3ccccc23)CC2OC(C)(C)OC12. The lowest BCUT2D eigenvalue weighted by Gasteiger charge is -2.35. The van der Waals surface area contributed by atoms with E-state index in [1.165, 1.54) is 5.56 Å². The fourth-order valence-corrected chi connectivity index (χ4v) is 3.65. The highest BCUT2D eigenvalue weighted by Gasteiger charge is 2.48. The molecule has 0 N–H and O–H groups in total. The predicted octanol–water partition coefficient (Wildman–Crippen LogP) is 4.63. The van der Waals surface area contributed by atoms with E-state index in [1.54, 1.807) is 0 Å². The molecule has 4 nitrogen and oxygen atoms in total. The van der Waals surface area contributed by atoms with Crippen LogP contribution in [-0.4, -0.2) is 29.1 Å². The number of para-hydroxylation sites is 1. The van der Waals surface area contributed by atoms with E-state index in [1.807, 2.05) is 52.1 Å². The fraction of sp³-hybridized carbons (Fsp3) is 0.550. The van der Waals surface area contributed by atoms with Crippen molar-refractivity contribution < 1.29 is 14.2 Å². The predicted molar refractivity (Wildman–Crippen MR) is 94.8 cm³/mol. The minimum Gasteiger partial charge on any atom is -0.368 e. The average molecular weight is 329 g/mol. The minimum atomic E-state index is -0.526. The van der Waals surface area contributed by atoms with E-state index in [4.69, 9.17) is 14.2 Å². The first kappa shape index (κ1) is 17.3. The van der Waals surface area contributed by atoms with Crippen LogP contribution in [-0.2, 0) is 14.2 Å². The number of rotatable bonds is 1. The van der Waals surface area contributed by atoms with Gasteiger partial charge in [-0.3, -0.25) is 4.98 Å². The van der Waals surface area contributed by atoms with Crippen molar-refractivity contribution in [3.8, 4) is 0 Å². The summed E-state index contributed by atoms with van der Waals surface area (Å²) in [5, 5.41) is 1.15. The molecule has 0 bridgehead atoms. The maximum atomic E-state index is 6.25. The summed E-state index contributed by atoms with van der Waals surface area (Å²) in [6.45, 7) is 10.0. The van der Waals surface area contributed by atoms with Gasteiger partial charge in [0.05, 0.1) is 23.8 Å². The number of ether oxygens (including phenoxy) is 3. The first-order valence-electron chi connectivity index (χ1n) is 8.88. The summed E-state index contributed by atoms with van der Waals surface area (Å²) in [7, 11) is 0. The van der Waals surface area contributed by atoms with Crippen LogP contribution in [0.2, 0.25) is 0 Å². The summed E-state index contributed by atoms with van der Waals surface area (Å²) in [6.07, 6.45) is 2.79. The van der Waals surface area contributed by atoms with E-state index in [-0.39, 0.29) is 24.4 Å². The average Bonchev–Trinajstić information content (AvgIpc) is 2.91. The highest BCUT2D eigenvalue weighted by molar-refractivity contribution is 5.82. The number of nitrogens with zero attached hydrogens (tertiary/aromatic N) is 1. The first-order valence-corrected chi connectivity index (χ1v) is 8.88. The minimum absolute atomic E-state index is 0.0115. The Bertz CT molecular complexity index is 695. The van der Waals surface area contributed by atoms with Gasteiger partial charge in [0.1, 0.15) is 6.10 Å². The number of aromatic nitrogens is 1. The summed E-state index contributed by atoms with van der Waals surface area (Å²) in [5.74, 6) is -0.526. The molecule has 2 aromatic rings. The van der Waals surface area contributed by atoms with E-state index in [0.717, 1.165) is 17.3 Å². The van der Waals surface area contributed by atoms with Gasteiger partial charge in [0, 0.05) is 18.0 Å². The monoisotopic (exact) mass is 329 g/mol.